The monoisotopic (exact) mass is 388 g/mol. The molecule has 0 aromatic heterocycles. The third-order valence-electron chi connectivity index (χ3n) is 4.49. The van der Waals surface area contributed by atoms with Gasteiger partial charge in [0.2, 0.25) is 15.9 Å². The third kappa shape index (κ3) is 6.19. The summed E-state index contributed by atoms with van der Waals surface area (Å²) < 4.78 is 27.5. The molecule has 0 aliphatic heterocycles. The van der Waals surface area contributed by atoms with Gasteiger partial charge in [-0.1, -0.05) is 55.0 Å². The van der Waals surface area contributed by atoms with Crippen molar-refractivity contribution in [2.75, 3.05) is 13.1 Å². The molecule has 0 fully saturated rings. The lowest BCUT2D eigenvalue weighted by atomic mass is 10.1. The number of nitrogens with zero attached hydrogens (tertiary/aromatic N) is 1. The largest absolute Gasteiger partial charge is 0.353 e. The summed E-state index contributed by atoms with van der Waals surface area (Å²) in [4.78, 5) is 12.6. The van der Waals surface area contributed by atoms with Crippen LogP contribution in [-0.4, -0.2) is 37.8 Å². The Morgan fingerprint density at radius 2 is 1.70 bits per heavy atom. The molecule has 0 aliphatic rings. The summed E-state index contributed by atoms with van der Waals surface area (Å²) in [5, 5.41) is 2.85. The molecule has 0 unspecified atom stereocenters. The van der Waals surface area contributed by atoms with E-state index >= 15 is 0 Å². The van der Waals surface area contributed by atoms with E-state index in [2.05, 4.69) is 5.32 Å². The maximum absolute atomic E-state index is 13.1. The Kier molecular flexibility index (Phi) is 7.56. The maximum Gasteiger partial charge on any atom is 0.243 e. The molecule has 0 heterocycles. The van der Waals surface area contributed by atoms with Crippen LogP contribution in [0.3, 0.4) is 0 Å². The Balaban J connectivity index is 2.21. The Morgan fingerprint density at radius 3 is 2.30 bits per heavy atom. The third-order valence-corrected chi connectivity index (χ3v) is 6.35. The second-order valence-corrected chi connectivity index (χ2v) is 8.70. The minimum Gasteiger partial charge on any atom is -0.353 e. The van der Waals surface area contributed by atoms with Crippen LogP contribution in [0.2, 0.25) is 0 Å². The number of carbonyl (C=O) groups is 1. The van der Waals surface area contributed by atoms with Crippen molar-refractivity contribution in [2.24, 2.45) is 0 Å². The fourth-order valence-corrected chi connectivity index (χ4v) is 4.02. The zero-order valence-corrected chi connectivity index (χ0v) is 17.0. The van der Waals surface area contributed by atoms with Crippen molar-refractivity contribution < 1.29 is 13.2 Å². The summed E-state index contributed by atoms with van der Waals surface area (Å²) in [7, 11) is -3.75. The molecule has 2 rings (SSSR count). The van der Waals surface area contributed by atoms with E-state index in [0.717, 1.165) is 17.5 Å². The molecule has 2 aromatic rings. The molecule has 0 radical (unpaired) electrons. The Hall–Kier alpha value is -2.18. The molecule has 2 aromatic carbocycles. The van der Waals surface area contributed by atoms with Gasteiger partial charge >= 0.3 is 0 Å². The zero-order valence-electron chi connectivity index (χ0n) is 16.2. The van der Waals surface area contributed by atoms with Crippen molar-refractivity contribution in [1.82, 2.24) is 9.62 Å². The minimum absolute atomic E-state index is 0.00977. The second kappa shape index (κ2) is 9.67. The topological polar surface area (TPSA) is 66.5 Å². The van der Waals surface area contributed by atoms with Gasteiger partial charge in [0, 0.05) is 12.6 Å². The summed E-state index contributed by atoms with van der Waals surface area (Å²) >= 11 is 0. The highest BCUT2D eigenvalue weighted by Crippen LogP contribution is 2.17. The number of rotatable bonds is 9. The highest BCUT2D eigenvalue weighted by molar-refractivity contribution is 7.89. The number of nitrogens with one attached hydrogen (secondary N) is 1. The van der Waals surface area contributed by atoms with Gasteiger partial charge in [-0.2, -0.15) is 4.31 Å². The van der Waals surface area contributed by atoms with Crippen LogP contribution < -0.4 is 5.32 Å². The number of hydrogen-bond donors (Lipinski definition) is 1. The Labute approximate surface area is 162 Å². The van der Waals surface area contributed by atoms with E-state index in [1.807, 2.05) is 51.1 Å². The van der Waals surface area contributed by atoms with Gasteiger partial charge in [0.1, 0.15) is 0 Å². The summed E-state index contributed by atoms with van der Waals surface area (Å²) in [5.74, 6) is -0.284. The molecule has 5 nitrogen and oxygen atoms in total. The number of benzene rings is 2. The zero-order chi connectivity index (χ0) is 19.9. The number of amides is 1. The predicted molar refractivity (Wildman–Crippen MR) is 108 cm³/mol. The molecule has 0 saturated carbocycles. The van der Waals surface area contributed by atoms with Crippen molar-refractivity contribution >= 4 is 15.9 Å². The highest BCUT2D eigenvalue weighted by atomic mass is 32.2. The predicted octanol–water partition coefficient (Wildman–Crippen LogP) is 3.14. The first kappa shape index (κ1) is 21.1. The van der Waals surface area contributed by atoms with Crippen LogP contribution >= 0.6 is 0 Å². The molecular formula is C21H28N2O3S. The lowest BCUT2D eigenvalue weighted by Crippen LogP contribution is -2.44. The maximum atomic E-state index is 13.1. The summed E-state index contributed by atoms with van der Waals surface area (Å²) in [6.45, 7) is 5.84. The number of sulfonamides is 1. The van der Waals surface area contributed by atoms with Crippen molar-refractivity contribution in [3.8, 4) is 0 Å². The molecule has 0 aliphatic carbocycles. The molecule has 1 N–H and O–H groups in total. The average Bonchev–Trinajstić information content (AvgIpc) is 2.66. The van der Waals surface area contributed by atoms with E-state index in [1.165, 1.54) is 4.31 Å². The van der Waals surface area contributed by atoms with E-state index in [-0.39, 0.29) is 29.9 Å². The molecular weight excluding hydrogens is 360 g/mol. The summed E-state index contributed by atoms with van der Waals surface area (Å²) in [6, 6.07) is 16.4. The standard InChI is InChI=1S/C21H28N2O3S/c1-4-18(3)22-21(24)16-23(15-14-19-8-6-5-7-9-19)27(25,26)20-12-10-17(2)11-13-20/h5-13,18H,4,14-16H2,1-3H3,(H,22,24)/t18-/m1/s1. The lowest BCUT2D eigenvalue weighted by molar-refractivity contribution is -0.121. The van der Waals surface area contributed by atoms with Gasteiger partial charge < -0.3 is 5.32 Å². The highest BCUT2D eigenvalue weighted by Gasteiger charge is 2.26. The van der Waals surface area contributed by atoms with Crippen LogP contribution in [0.5, 0.6) is 0 Å². The van der Waals surface area contributed by atoms with E-state index in [4.69, 9.17) is 0 Å². The van der Waals surface area contributed by atoms with Gasteiger partial charge in [-0.25, -0.2) is 8.42 Å². The van der Waals surface area contributed by atoms with Crippen LogP contribution in [0.25, 0.3) is 0 Å². The van der Waals surface area contributed by atoms with Crippen molar-refractivity contribution in [1.29, 1.82) is 0 Å². The Bertz CT molecular complexity index is 833. The molecule has 0 bridgehead atoms. The molecule has 146 valence electrons. The smallest absolute Gasteiger partial charge is 0.243 e. The van der Waals surface area contributed by atoms with E-state index in [0.29, 0.717) is 6.42 Å². The van der Waals surface area contributed by atoms with Gasteiger partial charge in [-0.3, -0.25) is 4.79 Å². The SMILES string of the molecule is CC[C@@H](C)NC(=O)CN(CCc1ccccc1)S(=O)(=O)c1ccc(C)cc1. The first-order valence-corrected chi connectivity index (χ1v) is 10.7. The van der Waals surface area contributed by atoms with Gasteiger partial charge in [-0.15, -0.1) is 0 Å². The second-order valence-electron chi connectivity index (χ2n) is 6.76. The van der Waals surface area contributed by atoms with Crippen LogP contribution in [0.15, 0.2) is 59.5 Å². The summed E-state index contributed by atoms with van der Waals surface area (Å²) in [5.41, 5.74) is 2.02. The molecule has 6 heteroatoms. The first-order valence-electron chi connectivity index (χ1n) is 9.23. The van der Waals surface area contributed by atoms with Crippen molar-refractivity contribution in [3.63, 3.8) is 0 Å². The van der Waals surface area contributed by atoms with Crippen LogP contribution in [0, 0.1) is 6.92 Å². The number of carbonyl (C=O) groups excluding carboxylic acids is 1. The van der Waals surface area contributed by atoms with E-state index < -0.39 is 10.0 Å². The lowest BCUT2D eigenvalue weighted by Gasteiger charge is -2.23. The van der Waals surface area contributed by atoms with Gasteiger partial charge in [-0.05, 0) is 44.4 Å². The Morgan fingerprint density at radius 1 is 1.07 bits per heavy atom. The van der Waals surface area contributed by atoms with Crippen LogP contribution in [0.4, 0.5) is 0 Å². The normalized spacial score (nSPS) is 12.7. The fraction of sp³-hybridized carbons (Fsp3) is 0.381. The number of hydrogen-bond acceptors (Lipinski definition) is 3. The van der Waals surface area contributed by atoms with E-state index in [9.17, 15) is 13.2 Å². The van der Waals surface area contributed by atoms with Crippen molar-refractivity contribution in [3.05, 3.63) is 65.7 Å². The quantitative estimate of drug-likeness (QED) is 0.718. The molecule has 0 saturated heterocycles. The van der Waals surface area contributed by atoms with E-state index in [1.54, 1.807) is 24.3 Å². The fourth-order valence-electron chi connectivity index (χ4n) is 2.62. The molecule has 0 spiro atoms. The first-order chi connectivity index (χ1) is 12.8. The molecule has 27 heavy (non-hydrogen) atoms. The summed E-state index contributed by atoms with van der Waals surface area (Å²) in [6.07, 6.45) is 1.34. The van der Waals surface area contributed by atoms with Crippen LogP contribution in [0.1, 0.15) is 31.4 Å². The van der Waals surface area contributed by atoms with Crippen LogP contribution in [-0.2, 0) is 21.2 Å². The van der Waals surface area contributed by atoms with Crippen molar-refractivity contribution in [2.45, 2.75) is 44.6 Å². The van der Waals surface area contributed by atoms with Gasteiger partial charge in [0.15, 0.2) is 0 Å². The number of aryl methyl sites for hydroxylation is 1. The minimum atomic E-state index is -3.75. The van der Waals surface area contributed by atoms with Gasteiger partial charge in [0.25, 0.3) is 0 Å². The average molecular weight is 389 g/mol. The molecule has 1 atom stereocenters. The van der Waals surface area contributed by atoms with Gasteiger partial charge in [0.05, 0.1) is 11.4 Å². The molecule has 1 amide bonds.